The maximum absolute atomic E-state index is 2.37. The zero-order valence-electron chi connectivity index (χ0n) is 9.11. The summed E-state index contributed by atoms with van der Waals surface area (Å²) in [6.07, 6.45) is 11.6. The van der Waals surface area contributed by atoms with E-state index in [4.69, 9.17) is 0 Å². The summed E-state index contributed by atoms with van der Waals surface area (Å²) in [6, 6.07) is 6.91. The molecular formula is C15H16. The number of aryl methyl sites for hydroxylation is 1. The Balaban J connectivity index is 2.00. The van der Waals surface area contributed by atoms with Crippen LogP contribution in [0.3, 0.4) is 0 Å². The van der Waals surface area contributed by atoms with Crippen molar-refractivity contribution < 1.29 is 0 Å². The minimum Gasteiger partial charge on any atom is -0.0805 e. The van der Waals surface area contributed by atoms with Gasteiger partial charge < -0.3 is 0 Å². The van der Waals surface area contributed by atoms with Crippen LogP contribution in [-0.2, 0) is 12.8 Å². The molecule has 0 N–H and O–H groups in total. The van der Waals surface area contributed by atoms with Crippen LogP contribution in [0.4, 0.5) is 0 Å². The van der Waals surface area contributed by atoms with Crippen molar-refractivity contribution in [3.63, 3.8) is 0 Å². The summed E-state index contributed by atoms with van der Waals surface area (Å²) in [5, 5.41) is 0. The quantitative estimate of drug-likeness (QED) is 0.596. The van der Waals surface area contributed by atoms with Crippen LogP contribution in [0.25, 0.3) is 0 Å². The minimum atomic E-state index is 0.740. The smallest absolute Gasteiger partial charge is 0.0124 e. The van der Waals surface area contributed by atoms with Gasteiger partial charge in [0.15, 0.2) is 0 Å². The van der Waals surface area contributed by atoms with Crippen molar-refractivity contribution in [3.05, 3.63) is 59.2 Å². The molecule has 0 nitrogen and oxygen atoms in total. The van der Waals surface area contributed by atoms with Crippen molar-refractivity contribution in [1.82, 2.24) is 0 Å². The largest absolute Gasteiger partial charge is 0.0805 e. The SMILES string of the molecule is Cc1ccc2c(c1)C[C@H]1C=CC=C[C@H]1C2. The van der Waals surface area contributed by atoms with Gasteiger partial charge in [0.2, 0.25) is 0 Å². The Morgan fingerprint density at radius 3 is 2.33 bits per heavy atom. The molecule has 2 aliphatic rings. The molecule has 0 bridgehead atoms. The van der Waals surface area contributed by atoms with E-state index >= 15 is 0 Å². The molecule has 1 aromatic carbocycles. The second-order valence-electron chi connectivity index (χ2n) is 4.78. The van der Waals surface area contributed by atoms with Crippen molar-refractivity contribution in [2.75, 3.05) is 0 Å². The van der Waals surface area contributed by atoms with Gasteiger partial charge in [0, 0.05) is 0 Å². The molecule has 0 saturated heterocycles. The average molecular weight is 196 g/mol. The molecule has 0 spiro atoms. The van der Waals surface area contributed by atoms with Crippen molar-refractivity contribution in [2.24, 2.45) is 11.8 Å². The third kappa shape index (κ3) is 1.54. The molecule has 0 heterocycles. The first-order valence-electron chi connectivity index (χ1n) is 5.76. The van der Waals surface area contributed by atoms with Gasteiger partial charge in [0.25, 0.3) is 0 Å². The molecule has 0 heteroatoms. The predicted molar refractivity (Wildman–Crippen MR) is 63.8 cm³/mol. The van der Waals surface area contributed by atoms with Crippen LogP contribution in [-0.4, -0.2) is 0 Å². The molecule has 15 heavy (non-hydrogen) atoms. The molecular weight excluding hydrogens is 180 g/mol. The topological polar surface area (TPSA) is 0 Å². The van der Waals surface area contributed by atoms with Gasteiger partial charge >= 0.3 is 0 Å². The lowest BCUT2D eigenvalue weighted by Crippen LogP contribution is -2.23. The highest BCUT2D eigenvalue weighted by Gasteiger charge is 2.25. The summed E-state index contributed by atoms with van der Waals surface area (Å²) in [4.78, 5) is 0. The first kappa shape index (κ1) is 8.96. The lowest BCUT2D eigenvalue weighted by atomic mass is 9.74. The Labute approximate surface area is 91.3 Å². The second kappa shape index (κ2) is 3.37. The minimum absolute atomic E-state index is 0.740. The van der Waals surface area contributed by atoms with Gasteiger partial charge in [-0.25, -0.2) is 0 Å². The van der Waals surface area contributed by atoms with E-state index < -0.39 is 0 Å². The first-order valence-corrected chi connectivity index (χ1v) is 5.76. The van der Waals surface area contributed by atoms with Crippen LogP contribution in [0.5, 0.6) is 0 Å². The molecule has 0 aromatic heterocycles. The molecule has 1 aromatic rings. The summed E-state index contributed by atoms with van der Waals surface area (Å²) in [5.74, 6) is 1.48. The van der Waals surface area contributed by atoms with Crippen molar-refractivity contribution >= 4 is 0 Å². The lowest BCUT2D eigenvalue weighted by molar-refractivity contribution is 0.437. The van der Waals surface area contributed by atoms with Crippen molar-refractivity contribution in [1.29, 1.82) is 0 Å². The third-order valence-electron chi connectivity index (χ3n) is 3.65. The number of allylic oxidation sites excluding steroid dienone is 4. The van der Waals surface area contributed by atoms with E-state index in [2.05, 4.69) is 49.4 Å². The highest BCUT2D eigenvalue weighted by molar-refractivity contribution is 5.37. The molecule has 0 aliphatic heterocycles. The van der Waals surface area contributed by atoms with Crippen LogP contribution in [0.1, 0.15) is 16.7 Å². The standard InChI is InChI=1S/C15H16/c1-11-6-7-14-9-12-4-2-3-5-13(12)10-15(14)8-11/h2-8,12-13H,9-10H2,1H3/t12-,13+/m0/s1. The first-order chi connectivity index (χ1) is 7.33. The summed E-state index contributed by atoms with van der Waals surface area (Å²) in [6.45, 7) is 2.18. The van der Waals surface area contributed by atoms with E-state index in [9.17, 15) is 0 Å². The molecule has 2 aliphatic carbocycles. The molecule has 0 fully saturated rings. The van der Waals surface area contributed by atoms with E-state index in [0.29, 0.717) is 0 Å². The van der Waals surface area contributed by atoms with Crippen LogP contribution in [0, 0.1) is 18.8 Å². The average Bonchev–Trinajstić information content (AvgIpc) is 2.26. The third-order valence-corrected chi connectivity index (χ3v) is 3.65. The summed E-state index contributed by atoms with van der Waals surface area (Å²) in [7, 11) is 0. The van der Waals surface area contributed by atoms with Gasteiger partial charge in [-0.2, -0.15) is 0 Å². The molecule has 76 valence electrons. The Kier molecular flexibility index (Phi) is 2.02. The van der Waals surface area contributed by atoms with E-state index in [0.717, 1.165) is 11.8 Å². The summed E-state index contributed by atoms with van der Waals surface area (Å²) in [5.41, 5.74) is 4.51. The second-order valence-corrected chi connectivity index (χ2v) is 4.78. The van der Waals surface area contributed by atoms with Gasteiger partial charge in [0.1, 0.15) is 0 Å². The maximum Gasteiger partial charge on any atom is -0.0124 e. The van der Waals surface area contributed by atoms with Gasteiger partial charge in [-0.05, 0) is 42.7 Å². The van der Waals surface area contributed by atoms with E-state index in [1.54, 1.807) is 11.1 Å². The maximum atomic E-state index is 2.37. The monoisotopic (exact) mass is 196 g/mol. The van der Waals surface area contributed by atoms with Gasteiger partial charge in [0.05, 0.1) is 0 Å². The lowest BCUT2D eigenvalue weighted by Gasteiger charge is -2.31. The number of rotatable bonds is 0. The van der Waals surface area contributed by atoms with E-state index in [-0.39, 0.29) is 0 Å². The molecule has 0 unspecified atom stereocenters. The van der Waals surface area contributed by atoms with Crippen LogP contribution in [0.15, 0.2) is 42.5 Å². The Hall–Kier alpha value is -1.30. The van der Waals surface area contributed by atoms with Crippen LogP contribution >= 0.6 is 0 Å². The van der Waals surface area contributed by atoms with Gasteiger partial charge in [-0.15, -0.1) is 0 Å². The van der Waals surface area contributed by atoms with E-state index in [1.807, 2.05) is 0 Å². The fraction of sp³-hybridized carbons (Fsp3) is 0.333. The number of hydrogen-bond acceptors (Lipinski definition) is 0. The fourth-order valence-electron chi connectivity index (χ4n) is 2.79. The highest BCUT2D eigenvalue weighted by atomic mass is 14.3. The fourth-order valence-corrected chi connectivity index (χ4v) is 2.79. The van der Waals surface area contributed by atoms with Gasteiger partial charge in [-0.3, -0.25) is 0 Å². The normalized spacial score (nSPS) is 27.3. The molecule has 0 radical (unpaired) electrons. The molecule has 0 amide bonds. The predicted octanol–water partition coefficient (Wildman–Crippen LogP) is 3.45. The van der Waals surface area contributed by atoms with E-state index in [1.165, 1.54) is 18.4 Å². The zero-order valence-corrected chi connectivity index (χ0v) is 9.11. The Bertz CT molecular complexity index is 437. The zero-order chi connectivity index (χ0) is 10.3. The van der Waals surface area contributed by atoms with Crippen LogP contribution in [0.2, 0.25) is 0 Å². The molecule has 2 atom stereocenters. The van der Waals surface area contributed by atoms with Gasteiger partial charge in [-0.1, -0.05) is 48.1 Å². The van der Waals surface area contributed by atoms with Crippen molar-refractivity contribution in [2.45, 2.75) is 19.8 Å². The summed E-state index contributed by atoms with van der Waals surface area (Å²) >= 11 is 0. The van der Waals surface area contributed by atoms with Crippen molar-refractivity contribution in [3.8, 4) is 0 Å². The Morgan fingerprint density at radius 2 is 1.60 bits per heavy atom. The Morgan fingerprint density at radius 1 is 0.933 bits per heavy atom. The summed E-state index contributed by atoms with van der Waals surface area (Å²) < 4.78 is 0. The molecule has 0 saturated carbocycles. The van der Waals surface area contributed by atoms with Crippen LogP contribution < -0.4 is 0 Å². The number of fused-ring (bicyclic) bond motifs is 2. The molecule has 3 rings (SSSR count). The highest BCUT2D eigenvalue weighted by Crippen LogP contribution is 2.34. The number of benzene rings is 1. The number of hydrogen-bond donors (Lipinski definition) is 0.